The van der Waals surface area contributed by atoms with Crippen LogP contribution < -0.4 is 9.64 Å². The maximum Gasteiger partial charge on any atom is 0.228 e. The van der Waals surface area contributed by atoms with Gasteiger partial charge in [0.2, 0.25) is 11.8 Å². The molecule has 0 radical (unpaired) electrons. The molecule has 2 fully saturated rings. The van der Waals surface area contributed by atoms with Crippen molar-refractivity contribution in [1.29, 1.82) is 0 Å². The van der Waals surface area contributed by atoms with Crippen molar-refractivity contribution >= 4 is 5.95 Å². The van der Waals surface area contributed by atoms with E-state index in [1.165, 1.54) is 12.8 Å². The number of likely N-dealkylation sites (tertiary alicyclic amines) is 1. The second kappa shape index (κ2) is 6.76. The lowest BCUT2D eigenvalue weighted by Crippen LogP contribution is -2.52. The molecule has 3 rings (SSSR count). The Labute approximate surface area is 130 Å². The average Bonchev–Trinajstić information content (AvgIpc) is 2.95. The van der Waals surface area contributed by atoms with Crippen LogP contribution in [0.15, 0.2) is 12.3 Å². The third-order valence-electron chi connectivity index (χ3n) is 4.19. The van der Waals surface area contributed by atoms with Crippen LogP contribution in [-0.2, 0) is 4.74 Å². The molecular formula is C15H24N4O3. The van der Waals surface area contributed by atoms with E-state index in [2.05, 4.69) is 14.9 Å². The molecule has 2 saturated heterocycles. The highest BCUT2D eigenvalue weighted by Gasteiger charge is 2.36. The third kappa shape index (κ3) is 3.66. The molecule has 7 heteroatoms. The first-order chi connectivity index (χ1) is 10.7. The van der Waals surface area contributed by atoms with E-state index in [0.29, 0.717) is 44.7 Å². The van der Waals surface area contributed by atoms with Gasteiger partial charge in [0.1, 0.15) is 5.60 Å². The summed E-state index contributed by atoms with van der Waals surface area (Å²) in [6.07, 6.45) is 4.09. The zero-order valence-corrected chi connectivity index (χ0v) is 13.1. The van der Waals surface area contributed by atoms with Crippen molar-refractivity contribution in [3.63, 3.8) is 0 Å². The first-order valence-corrected chi connectivity index (χ1v) is 7.83. The van der Waals surface area contributed by atoms with E-state index in [9.17, 15) is 5.11 Å². The summed E-state index contributed by atoms with van der Waals surface area (Å²) in [7, 11) is 1.58. The number of hydrogen-bond acceptors (Lipinski definition) is 7. The summed E-state index contributed by atoms with van der Waals surface area (Å²) < 4.78 is 10.8. The van der Waals surface area contributed by atoms with Crippen molar-refractivity contribution in [3.8, 4) is 5.88 Å². The van der Waals surface area contributed by atoms with E-state index in [1.54, 1.807) is 19.4 Å². The molecule has 0 saturated carbocycles. The monoisotopic (exact) mass is 308 g/mol. The normalized spacial score (nSPS) is 26.9. The highest BCUT2D eigenvalue weighted by molar-refractivity contribution is 5.33. The summed E-state index contributed by atoms with van der Waals surface area (Å²) in [5.41, 5.74) is -0.896. The van der Waals surface area contributed by atoms with Crippen LogP contribution in [-0.4, -0.2) is 78.6 Å². The van der Waals surface area contributed by atoms with Crippen LogP contribution in [0, 0.1) is 0 Å². The van der Waals surface area contributed by atoms with E-state index >= 15 is 0 Å². The number of aliphatic hydroxyl groups is 1. The number of methoxy groups -OCH3 is 1. The summed E-state index contributed by atoms with van der Waals surface area (Å²) in [4.78, 5) is 13.0. The SMILES string of the molecule is COc1ccnc(N2CCOCC(O)(CN3CCCC3)C2)n1. The zero-order valence-electron chi connectivity index (χ0n) is 13.1. The largest absolute Gasteiger partial charge is 0.481 e. The third-order valence-corrected chi connectivity index (χ3v) is 4.19. The minimum atomic E-state index is -0.896. The molecule has 1 aromatic heterocycles. The maximum absolute atomic E-state index is 11.0. The van der Waals surface area contributed by atoms with Gasteiger partial charge in [0.15, 0.2) is 0 Å². The van der Waals surface area contributed by atoms with Crippen LogP contribution in [0.25, 0.3) is 0 Å². The molecule has 3 heterocycles. The van der Waals surface area contributed by atoms with Crippen LogP contribution in [0.2, 0.25) is 0 Å². The molecule has 0 spiro atoms. The number of ether oxygens (including phenoxy) is 2. The number of hydrogen-bond donors (Lipinski definition) is 1. The van der Waals surface area contributed by atoms with Crippen LogP contribution in [0.5, 0.6) is 5.88 Å². The quantitative estimate of drug-likeness (QED) is 0.849. The summed E-state index contributed by atoms with van der Waals surface area (Å²) >= 11 is 0. The van der Waals surface area contributed by atoms with Gasteiger partial charge in [-0.3, -0.25) is 0 Å². The molecule has 2 aliphatic heterocycles. The molecule has 0 bridgehead atoms. The van der Waals surface area contributed by atoms with Gasteiger partial charge in [-0.05, 0) is 25.9 Å². The average molecular weight is 308 g/mol. The van der Waals surface area contributed by atoms with Crippen molar-refractivity contribution in [1.82, 2.24) is 14.9 Å². The van der Waals surface area contributed by atoms with Crippen LogP contribution in [0.3, 0.4) is 0 Å². The molecule has 0 amide bonds. The number of anilines is 1. The lowest BCUT2D eigenvalue weighted by Gasteiger charge is -2.33. The van der Waals surface area contributed by atoms with Crippen LogP contribution in [0.1, 0.15) is 12.8 Å². The Morgan fingerprint density at radius 2 is 2.18 bits per heavy atom. The number of rotatable bonds is 4. The fourth-order valence-electron chi connectivity index (χ4n) is 3.14. The Bertz CT molecular complexity index is 495. The van der Waals surface area contributed by atoms with Gasteiger partial charge in [0.25, 0.3) is 0 Å². The van der Waals surface area contributed by atoms with E-state index in [-0.39, 0.29) is 0 Å². The van der Waals surface area contributed by atoms with Gasteiger partial charge in [-0.25, -0.2) is 4.98 Å². The van der Waals surface area contributed by atoms with Crippen LogP contribution in [0.4, 0.5) is 5.95 Å². The molecule has 1 aromatic rings. The molecule has 122 valence electrons. The summed E-state index contributed by atoms with van der Waals surface area (Å²) in [6, 6.07) is 1.72. The molecule has 2 aliphatic rings. The highest BCUT2D eigenvalue weighted by Crippen LogP contribution is 2.21. The number of nitrogens with zero attached hydrogens (tertiary/aromatic N) is 4. The zero-order chi connectivity index (χ0) is 15.4. The fraction of sp³-hybridized carbons (Fsp3) is 0.733. The maximum atomic E-state index is 11.0. The van der Waals surface area contributed by atoms with Gasteiger partial charge in [-0.15, -0.1) is 0 Å². The minimum absolute atomic E-state index is 0.351. The van der Waals surface area contributed by atoms with Gasteiger partial charge >= 0.3 is 0 Å². The second-order valence-corrected chi connectivity index (χ2v) is 6.08. The van der Waals surface area contributed by atoms with Crippen molar-refractivity contribution in [2.45, 2.75) is 18.4 Å². The minimum Gasteiger partial charge on any atom is -0.481 e. The van der Waals surface area contributed by atoms with Crippen molar-refractivity contribution in [3.05, 3.63) is 12.3 Å². The van der Waals surface area contributed by atoms with Crippen molar-refractivity contribution in [2.75, 3.05) is 57.9 Å². The highest BCUT2D eigenvalue weighted by atomic mass is 16.5. The van der Waals surface area contributed by atoms with E-state index in [1.807, 2.05) is 4.90 Å². The molecule has 1 unspecified atom stereocenters. The second-order valence-electron chi connectivity index (χ2n) is 6.08. The molecule has 22 heavy (non-hydrogen) atoms. The van der Waals surface area contributed by atoms with E-state index in [0.717, 1.165) is 13.1 Å². The number of β-amino-alcohol motifs (C(OH)–C–C–N with tert-alkyl or cyclic N) is 1. The summed E-state index contributed by atoms with van der Waals surface area (Å²) in [6.45, 7) is 4.78. The fourth-order valence-corrected chi connectivity index (χ4v) is 3.14. The van der Waals surface area contributed by atoms with Gasteiger partial charge < -0.3 is 24.4 Å². The predicted octanol–water partition coefficient (Wildman–Crippen LogP) is 0.149. The Balaban J connectivity index is 1.73. The molecule has 0 aliphatic carbocycles. The Kier molecular flexibility index (Phi) is 4.75. The lowest BCUT2D eigenvalue weighted by molar-refractivity contribution is -0.0439. The van der Waals surface area contributed by atoms with Gasteiger partial charge in [0.05, 0.1) is 26.9 Å². The van der Waals surface area contributed by atoms with Gasteiger partial charge in [-0.1, -0.05) is 0 Å². The lowest BCUT2D eigenvalue weighted by atomic mass is 10.0. The number of aromatic nitrogens is 2. The standard InChI is InChI=1S/C15H24N4O3/c1-21-13-4-5-16-14(17-13)19-8-9-22-12-15(20,11-19)10-18-6-2-3-7-18/h4-5,20H,2-3,6-12H2,1H3. The van der Waals surface area contributed by atoms with E-state index in [4.69, 9.17) is 9.47 Å². The molecule has 7 nitrogen and oxygen atoms in total. The molecule has 0 aromatic carbocycles. The summed E-state index contributed by atoms with van der Waals surface area (Å²) in [5.74, 6) is 1.10. The van der Waals surface area contributed by atoms with Gasteiger partial charge in [0, 0.05) is 25.4 Å². The Morgan fingerprint density at radius 3 is 2.95 bits per heavy atom. The molecule has 1 N–H and O–H groups in total. The van der Waals surface area contributed by atoms with Crippen molar-refractivity contribution < 1.29 is 14.6 Å². The Morgan fingerprint density at radius 1 is 1.36 bits per heavy atom. The van der Waals surface area contributed by atoms with Gasteiger partial charge in [-0.2, -0.15) is 4.98 Å². The van der Waals surface area contributed by atoms with Crippen LogP contribution >= 0.6 is 0 Å². The Hall–Kier alpha value is -1.44. The summed E-state index contributed by atoms with van der Waals surface area (Å²) in [5, 5.41) is 11.0. The van der Waals surface area contributed by atoms with E-state index < -0.39 is 5.60 Å². The topological polar surface area (TPSA) is 71.0 Å². The first-order valence-electron chi connectivity index (χ1n) is 7.83. The predicted molar refractivity (Wildman–Crippen MR) is 82.2 cm³/mol. The molecule has 1 atom stereocenters. The molecular weight excluding hydrogens is 284 g/mol. The van der Waals surface area contributed by atoms with Crippen molar-refractivity contribution in [2.24, 2.45) is 0 Å². The first kappa shape index (κ1) is 15.5. The smallest absolute Gasteiger partial charge is 0.228 e.